The minimum Gasteiger partial charge on any atom is -0.422 e. The van der Waals surface area contributed by atoms with Crippen LogP contribution in [0.5, 0.6) is 0 Å². The lowest BCUT2D eigenvalue weighted by atomic mass is 9.83. The maximum atomic E-state index is 12.1. The van der Waals surface area contributed by atoms with Crippen LogP contribution in [-0.4, -0.2) is 67.1 Å². The van der Waals surface area contributed by atoms with E-state index < -0.39 is 0 Å². The van der Waals surface area contributed by atoms with E-state index in [4.69, 9.17) is 4.42 Å². The summed E-state index contributed by atoms with van der Waals surface area (Å²) in [5.74, 6) is 0. The third-order valence-corrected chi connectivity index (χ3v) is 6.63. The lowest BCUT2D eigenvalue weighted by Gasteiger charge is -2.52. The molecular weight excluding hydrogens is 338 g/mol. The Hall–Kier alpha value is -1.69. The normalized spacial score (nSPS) is 21.9. The maximum Gasteiger partial charge on any atom is 0.336 e. The summed E-state index contributed by atoms with van der Waals surface area (Å²) >= 11 is 0. The molecule has 5 heteroatoms. The molecule has 1 aromatic carbocycles. The second-order valence-electron chi connectivity index (χ2n) is 8.71. The molecule has 3 heterocycles. The maximum absolute atomic E-state index is 12.1. The largest absolute Gasteiger partial charge is 0.422 e. The van der Waals surface area contributed by atoms with Crippen molar-refractivity contribution in [2.24, 2.45) is 0 Å². The summed E-state index contributed by atoms with van der Waals surface area (Å²) in [6.07, 6.45) is 2.37. The molecule has 5 nitrogen and oxygen atoms in total. The van der Waals surface area contributed by atoms with E-state index in [1.807, 2.05) is 6.92 Å². The fraction of sp³-hybridized carbons (Fsp3) is 0.591. The number of aryl methyl sites for hydroxylation is 2. The molecule has 0 bridgehead atoms. The highest BCUT2D eigenvalue weighted by Crippen LogP contribution is 2.32. The van der Waals surface area contributed by atoms with Gasteiger partial charge in [-0.1, -0.05) is 6.07 Å². The first-order valence-corrected chi connectivity index (χ1v) is 10.0. The van der Waals surface area contributed by atoms with E-state index in [1.54, 1.807) is 6.07 Å². The molecule has 2 aliphatic rings. The molecule has 0 atom stereocenters. The molecule has 0 radical (unpaired) electrons. The van der Waals surface area contributed by atoms with Crippen LogP contribution in [0, 0.1) is 13.8 Å². The van der Waals surface area contributed by atoms with Gasteiger partial charge in [0.25, 0.3) is 0 Å². The minimum absolute atomic E-state index is 0.244. The van der Waals surface area contributed by atoms with Gasteiger partial charge in [0.2, 0.25) is 0 Å². The Labute approximate surface area is 161 Å². The highest BCUT2D eigenvalue weighted by molar-refractivity contribution is 5.83. The number of piperidine rings is 1. The van der Waals surface area contributed by atoms with Crippen LogP contribution in [0.1, 0.15) is 29.5 Å². The smallest absolute Gasteiger partial charge is 0.336 e. The van der Waals surface area contributed by atoms with Crippen LogP contribution in [0.25, 0.3) is 11.0 Å². The van der Waals surface area contributed by atoms with Crippen LogP contribution in [0.3, 0.4) is 0 Å². The van der Waals surface area contributed by atoms with Crippen LogP contribution < -0.4 is 5.63 Å². The van der Waals surface area contributed by atoms with E-state index in [0.717, 1.165) is 61.4 Å². The molecule has 1 aromatic heterocycles. The zero-order valence-electron chi connectivity index (χ0n) is 17.0. The van der Waals surface area contributed by atoms with Crippen LogP contribution in [0.2, 0.25) is 0 Å². The second kappa shape index (κ2) is 7.04. The van der Waals surface area contributed by atoms with E-state index in [9.17, 15) is 4.79 Å². The molecule has 2 saturated heterocycles. The summed E-state index contributed by atoms with van der Waals surface area (Å²) in [5.41, 5.74) is 4.15. The Kier molecular flexibility index (Phi) is 4.87. The minimum atomic E-state index is -0.244. The molecule has 0 N–H and O–H groups in total. The van der Waals surface area contributed by atoms with E-state index in [2.05, 4.69) is 47.9 Å². The van der Waals surface area contributed by atoms with Crippen molar-refractivity contribution in [1.82, 2.24) is 14.7 Å². The summed E-state index contributed by atoms with van der Waals surface area (Å²) < 4.78 is 5.51. The molecule has 2 fully saturated rings. The van der Waals surface area contributed by atoms with E-state index in [-0.39, 0.29) is 5.63 Å². The third-order valence-electron chi connectivity index (χ3n) is 6.63. The Morgan fingerprint density at radius 3 is 2.52 bits per heavy atom. The van der Waals surface area contributed by atoms with Crippen molar-refractivity contribution >= 4 is 11.0 Å². The SMILES string of the molecule is Cc1cc(C)c2oc(=O)cc(CN3CCC4(CC3)CN(C)CCN4C)c2c1. The van der Waals surface area contributed by atoms with Gasteiger partial charge < -0.3 is 9.32 Å². The van der Waals surface area contributed by atoms with Crippen molar-refractivity contribution in [3.63, 3.8) is 0 Å². The first kappa shape index (κ1) is 18.7. The van der Waals surface area contributed by atoms with Crippen LogP contribution >= 0.6 is 0 Å². The topological polar surface area (TPSA) is 39.9 Å². The van der Waals surface area contributed by atoms with Gasteiger partial charge in [0.15, 0.2) is 0 Å². The summed E-state index contributed by atoms with van der Waals surface area (Å²) in [6.45, 7) is 10.6. The number of nitrogens with zero attached hydrogens (tertiary/aromatic N) is 3. The number of piperazine rings is 1. The molecule has 0 unspecified atom stereocenters. The molecule has 0 aliphatic carbocycles. The van der Waals surface area contributed by atoms with Crippen molar-refractivity contribution < 1.29 is 4.42 Å². The molecule has 4 rings (SSSR count). The van der Waals surface area contributed by atoms with Gasteiger partial charge in [0, 0.05) is 56.3 Å². The summed E-state index contributed by atoms with van der Waals surface area (Å²) in [4.78, 5) is 19.6. The molecule has 0 saturated carbocycles. The van der Waals surface area contributed by atoms with Gasteiger partial charge in [0.05, 0.1) is 0 Å². The van der Waals surface area contributed by atoms with Gasteiger partial charge in [-0.05, 0) is 63.5 Å². The molecule has 2 aromatic rings. The number of hydrogen-bond donors (Lipinski definition) is 0. The number of likely N-dealkylation sites (tertiary alicyclic amines) is 1. The van der Waals surface area contributed by atoms with Gasteiger partial charge in [0.1, 0.15) is 5.58 Å². The average molecular weight is 370 g/mol. The lowest BCUT2D eigenvalue weighted by molar-refractivity contribution is -0.0204. The zero-order valence-corrected chi connectivity index (χ0v) is 17.0. The van der Waals surface area contributed by atoms with Gasteiger partial charge in [-0.3, -0.25) is 9.80 Å². The van der Waals surface area contributed by atoms with Crippen molar-refractivity contribution in [3.05, 3.63) is 45.3 Å². The summed E-state index contributed by atoms with van der Waals surface area (Å²) in [6, 6.07) is 5.91. The van der Waals surface area contributed by atoms with Crippen LogP contribution in [0.15, 0.2) is 27.4 Å². The predicted molar refractivity (Wildman–Crippen MR) is 109 cm³/mol. The molecule has 27 heavy (non-hydrogen) atoms. The van der Waals surface area contributed by atoms with Crippen LogP contribution in [-0.2, 0) is 6.54 Å². The highest BCUT2D eigenvalue weighted by atomic mass is 16.4. The predicted octanol–water partition coefficient (Wildman–Crippen LogP) is 2.62. The Bertz CT molecular complexity index is 896. The molecule has 146 valence electrons. The Morgan fingerprint density at radius 1 is 1.04 bits per heavy atom. The Balaban J connectivity index is 1.55. The fourth-order valence-corrected chi connectivity index (χ4v) is 4.98. The van der Waals surface area contributed by atoms with Crippen molar-refractivity contribution in [3.8, 4) is 0 Å². The average Bonchev–Trinajstić information content (AvgIpc) is 2.61. The first-order valence-electron chi connectivity index (χ1n) is 10.0. The molecule has 1 spiro atoms. The van der Waals surface area contributed by atoms with Gasteiger partial charge in [-0.2, -0.15) is 0 Å². The van der Waals surface area contributed by atoms with Gasteiger partial charge in [-0.25, -0.2) is 4.79 Å². The van der Waals surface area contributed by atoms with E-state index in [1.165, 1.54) is 18.4 Å². The number of hydrogen-bond acceptors (Lipinski definition) is 5. The Morgan fingerprint density at radius 2 is 1.78 bits per heavy atom. The van der Waals surface area contributed by atoms with E-state index >= 15 is 0 Å². The number of rotatable bonds is 2. The zero-order chi connectivity index (χ0) is 19.2. The second-order valence-corrected chi connectivity index (χ2v) is 8.71. The number of fused-ring (bicyclic) bond motifs is 1. The standard InChI is InChI=1S/C22H31N3O2/c1-16-11-17(2)21-19(12-16)18(13-20(26)27-21)14-25-7-5-22(6-8-25)15-23(3)9-10-24(22)4/h11-13H,5-10,14-15H2,1-4H3. The van der Waals surface area contributed by atoms with Gasteiger partial charge >= 0.3 is 5.63 Å². The third kappa shape index (κ3) is 3.56. The molecule has 2 aliphatic heterocycles. The number of likely N-dealkylation sites (N-methyl/N-ethyl adjacent to an activating group) is 2. The lowest BCUT2D eigenvalue weighted by Crippen LogP contribution is -2.63. The monoisotopic (exact) mass is 369 g/mol. The van der Waals surface area contributed by atoms with Crippen molar-refractivity contribution in [2.75, 3.05) is 46.8 Å². The molecular formula is C22H31N3O2. The van der Waals surface area contributed by atoms with Crippen molar-refractivity contribution in [1.29, 1.82) is 0 Å². The highest BCUT2D eigenvalue weighted by Gasteiger charge is 2.41. The summed E-state index contributed by atoms with van der Waals surface area (Å²) in [7, 11) is 4.52. The van der Waals surface area contributed by atoms with Gasteiger partial charge in [-0.15, -0.1) is 0 Å². The fourth-order valence-electron chi connectivity index (χ4n) is 4.98. The van der Waals surface area contributed by atoms with Crippen LogP contribution in [0.4, 0.5) is 0 Å². The first-order chi connectivity index (χ1) is 12.9. The van der Waals surface area contributed by atoms with Crippen molar-refractivity contribution in [2.45, 2.75) is 38.8 Å². The quantitative estimate of drug-likeness (QED) is 0.761. The summed E-state index contributed by atoms with van der Waals surface area (Å²) in [5, 5.41) is 1.09. The molecule has 0 amide bonds. The number of benzene rings is 1. The van der Waals surface area contributed by atoms with E-state index in [0.29, 0.717) is 5.54 Å².